The Hall–Kier alpha value is -3.38. The molecule has 0 bridgehead atoms. The highest BCUT2D eigenvalue weighted by Crippen LogP contribution is 2.29. The van der Waals surface area contributed by atoms with Crippen LogP contribution in [0.3, 0.4) is 0 Å². The topological polar surface area (TPSA) is 108 Å². The van der Waals surface area contributed by atoms with Crippen LogP contribution in [0.15, 0.2) is 72.9 Å². The van der Waals surface area contributed by atoms with E-state index in [2.05, 4.69) is 10.3 Å². The number of hydrogen-bond donors (Lipinski definition) is 4. The van der Waals surface area contributed by atoms with Gasteiger partial charge in [0.05, 0.1) is 11.6 Å². The summed E-state index contributed by atoms with van der Waals surface area (Å²) in [5.41, 5.74) is 7.07. The van der Waals surface area contributed by atoms with Gasteiger partial charge in [0.1, 0.15) is 11.8 Å². The van der Waals surface area contributed by atoms with Crippen molar-refractivity contribution >= 4 is 11.8 Å². The van der Waals surface area contributed by atoms with E-state index in [9.17, 15) is 14.7 Å². The minimum Gasteiger partial charge on any atom is -0.386 e. The van der Waals surface area contributed by atoms with Crippen molar-refractivity contribution in [1.29, 1.82) is 0 Å². The molecule has 0 aliphatic rings. The number of carbonyl (C=O) groups is 2. The first kappa shape index (κ1) is 17.4. The minimum absolute atomic E-state index is 0.148. The van der Waals surface area contributed by atoms with Crippen LogP contribution in [0.2, 0.25) is 0 Å². The van der Waals surface area contributed by atoms with Crippen molar-refractivity contribution in [2.45, 2.75) is 12.1 Å². The summed E-state index contributed by atoms with van der Waals surface area (Å²) < 4.78 is 0. The quantitative estimate of drug-likeness (QED) is 0.548. The molecule has 0 radical (unpaired) electrons. The molecule has 2 atom stereocenters. The van der Waals surface area contributed by atoms with E-state index >= 15 is 0 Å². The van der Waals surface area contributed by atoms with Gasteiger partial charge in [-0.2, -0.15) is 0 Å². The van der Waals surface area contributed by atoms with Gasteiger partial charge in [-0.3, -0.25) is 9.59 Å². The van der Waals surface area contributed by atoms with E-state index in [-0.39, 0.29) is 11.3 Å². The Morgan fingerprint density at radius 3 is 2.08 bits per heavy atom. The van der Waals surface area contributed by atoms with Crippen LogP contribution in [0.5, 0.6) is 0 Å². The number of aromatic amines is 1. The van der Waals surface area contributed by atoms with Crippen LogP contribution in [0.25, 0.3) is 0 Å². The third kappa shape index (κ3) is 3.81. The SMILES string of the molecule is NC(=O)c1cc(C(=O)N[C@H](c2ccccc2)[C@@H](O)c2ccccc2)c[nH]1. The van der Waals surface area contributed by atoms with Crippen LogP contribution >= 0.6 is 0 Å². The zero-order chi connectivity index (χ0) is 18.5. The lowest BCUT2D eigenvalue weighted by Gasteiger charge is -2.25. The number of aliphatic hydroxyl groups is 1. The number of nitrogens with two attached hydrogens (primary N) is 1. The Bertz CT molecular complexity index is 891. The van der Waals surface area contributed by atoms with Crippen LogP contribution in [-0.4, -0.2) is 21.9 Å². The maximum Gasteiger partial charge on any atom is 0.265 e. The lowest BCUT2D eigenvalue weighted by molar-refractivity contribution is 0.0831. The molecule has 26 heavy (non-hydrogen) atoms. The van der Waals surface area contributed by atoms with E-state index in [0.717, 1.165) is 5.56 Å². The fourth-order valence-electron chi connectivity index (χ4n) is 2.74. The maximum absolute atomic E-state index is 12.6. The molecule has 2 aromatic carbocycles. The third-order valence-electron chi connectivity index (χ3n) is 4.11. The number of aromatic nitrogens is 1. The monoisotopic (exact) mass is 349 g/mol. The molecule has 2 amide bonds. The summed E-state index contributed by atoms with van der Waals surface area (Å²) in [6.07, 6.45) is 0.476. The van der Waals surface area contributed by atoms with Gasteiger partial charge in [0, 0.05) is 6.20 Å². The van der Waals surface area contributed by atoms with Crippen molar-refractivity contribution in [3.8, 4) is 0 Å². The Kier molecular flexibility index (Phi) is 5.15. The molecule has 132 valence electrons. The highest BCUT2D eigenvalue weighted by Gasteiger charge is 2.25. The van der Waals surface area contributed by atoms with Gasteiger partial charge in [-0.1, -0.05) is 60.7 Å². The van der Waals surface area contributed by atoms with E-state index in [1.165, 1.54) is 12.3 Å². The number of aliphatic hydroxyl groups excluding tert-OH is 1. The second-order valence-corrected chi connectivity index (χ2v) is 5.88. The zero-order valence-corrected chi connectivity index (χ0v) is 13.9. The van der Waals surface area contributed by atoms with Crippen LogP contribution in [0, 0.1) is 0 Å². The average Bonchev–Trinajstić information content (AvgIpc) is 3.17. The summed E-state index contributed by atoms with van der Waals surface area (Å²) in [5, 5.41) is 13.7. The van der Waals surface area contributed by atoms with Gasteiger partial charge >= 0.3 is 0 Å². The first-order valence-corrected chi connectivity index (χ1v) is 8.13. The lowest BCUT2D eigenvalue weighted by Crippen LogP contribution is -2.32. The molecule has 0 saturated heterocycles. The number of nitrogens with one attached hydrogen (secondary N) is 2. The molecular formula is C20H19N3O3. The molecule has 5 N–H and O–H groups in total. The first-order chi connectivity index (χ1) is 12.6. The molecule has 6 nitrogen and oxygen atoms in total. The fourth-order valence-corrected chi connectivity index (χ4v) is 2.74. The number of primary amides is 1. The molecule has 0 aliphatic carbocycles. The van der Waals surface area contributed by atoms with Gasteiger partial charge in [-0.05, 0) is 17.2 Å². The number of carbonyl (C=O) groups excluding carboxylic acids is 2. The molecular weight excluding hydrogens is 330 g/mol. The summed E-state index contributed by atoms with van der Waals surface area (Å²) in [6, 6.07) is 19.1. The van der Waals surface area contributed by atoms with Crippen LogP contribution in [0.1, 0.15) is 44.1 Å². The highest BCUT2D eigenvalue weighted by atomic mass is 16.3. The third-order valence-corrected chi connectivity index (χ3v) is 4.11. The van der Waals surface area contributed by atoms with Gasteiger partial charge in [-0.25, -0.2) is 0 Å². The van der Waals surface area contributed by atoms with Gasteiger partial charge in [0.15, 0.2) is 0 Å². The number of hydrogen-bond acceptors (Lipinski definition) is 3. The summed E-state index contributed by atoms with van der Waals surface area (Å²) in [4.78, 5) is 26.5. The molecule has 3 rings (SSSR count). The average molecular weight is 349 g/mol. The van der Waals surface area contributed by atoms with Crippen molar-refractivity contribution in [2.24, 2.45) is 5.73 Å². The fraction of sp³-hybridized carbons (Fsp3) is 0.100. The molecule has 1 heterocycles. The molecule has 0 spiro atoms. The lowest BCUT2D eigenvalue weighted by atomic mass is 9.95. The number of benzene rings is 2. The van der Waals surface area contributed by atoms with E-state index < -0.39 is 24.0 Å². The predicted octanol–water partition coefficient (Wildman–Crippen LogP) is 2.32. The first-order valence-electron chi connectivity index (χ1n) is 8.13. The predicted molar refractivity (Wildman–Crippen MR) is 97.4 cm³/mol. The van der Waals surface area contributed by atoms with Crippen molar-refractivity contribution in [3.63, 3.8) is 0 Å². The minimum atomic E-state index is -0.933. The Labute approximate surface area is 150 Å². The maximum atomic E-state index is 12.6. The van der Waals surface area contributed by atoms with Gasteiger partial charge in [0.2, 0.25) is 0 Å². The van der Waals surface area contributed by atoms with E-state index in [0.29, 0.717) is 5.56 Å². The van der Waals surface area contributed by atoms with Crippen molar-refractivity contribution in [2.75, 3.05) is 0 Å². The van der Waals surface area contributed by atoms with Gasteiger partial charge in [0.25, 0.3) is 11.8 Å². The molecule has 3 aromatic rings. The van der Waals surface area contributed by atoms with E-state index in [1.54, 1.807) is 12.1 Å². The highest BCUT2D eigenvalue weighted by molar-refractivity contribution is 5.98. The van der Waals surface area contributed by atoms with Crippen molar-refractivity contribution in [1.82, 2.24) is 10.3 Å². The molecule has 0 unspecified atom stereocenters. The van der Waals surface area contributed by atoms with Crippen molar-refractivity contribution in [3.05, 3.63) is 95.3 Å². The Morgan fingerprint density at radius 1 is 0.962 bits per heavy atom. The number of amides is 2. The number of rotatable bonds is 6. The standard InChI is InChI=1S/C20H19N3O3/c21-19(25)16-11-15(12-22-16)20(26)23-17(13-7-3-1-4-8-13)18(24)14-9-5-2-6-10-14/h1-12,17-18,22,24H,(H2,21,25)(H,23,26)/t17-,18+/m1/s1. The summed E-state index contributed by atoms with van der Waals surface area (Å²) in [5.74, 6) is -1.06. The Morgan fingerprint density at radius 2 is 1.54 bits per heavy atom. The zero-order valence-electron chi connectivity index (χ0n) is 13.9. The summed E-state index contributed by atoms with van der Waals surface area (Å²) in [6.45, 7) is 0. The molecule has 1 aromatic heterocycles. The van der Waals surface area contributed by atoms with Gasteiger partial charge < -0.3 is 21.1 Å². The van der Waals surface area contributed by atoms with Gasteiger partial charge in [-0.15, -0.1) is 0 Å². The van der Waals surface area contributed by atoms with Crippen LogP contribution in [0.4, 0.5) is 0 Å². The molecule has 0 fully saturated rings. The van der Waals surface area contributed by atoms with Crippen molar-refractivity contribution < 1.29 is 14.7 Å². The molecule has 0 saturated carbocycles. The summed E-state index contributed by atoms with van der Waals surface area (Å²) >= 11 is 0. The molecule has 0 aliphatic heterocycles. The second-order valence-electron chi connectivity index (χ2n) is 5.88. The van der Waals surface area contributed by atoms with Crippen LogP contribution in [-0.2, 0) is 0 Å². The Balaban J connectivity index is 1.88. The van der Waals surface area contributed by atoms with E-state index in [1.807, 2.05) is 48.5 Å². The summed E-state index contributed by atoms with van der Waals surface area (Å²) in [7, 11) is 0. The normalized spacial score (nSPS) is 13.0. The van der Waals surface area contributed by atoms with Crippen LogP contribution < -0.4 is 11.1 Å². The molecule has 6 heteroatoms. The smallest absolute Gasteiger partial charge is 0.265 e. The second kappa shape index (κ2) is 7.67. The van der Waals surface area contributed by atoms with E-state index in [4.69, 9.17) is 5.73 Å². The number of H-pyrrole nitrogens is 1. The largest absolute Gasteiger partial charge is 0.386 e.